The van der Waals surface area contributed by atoms with Crippen LogP contribution >= 0.6 is 0 Å². The molecule has 1 atom stereocenters. The molecule has 3 aliphatic rings. The minimum absolute atomic E-state index is 0.0675. The molecule has 24 heavy (non-hydrogen) atoms. The fraction of sp³-hybridized carbons (Fsp3) is 0.562. The van der Waals surface area contributed by atoms with E-state index in [2.05, 4.69) is 0 Å². The van der Waals surface area contributed by atoms with Crippen LogP contribution in [0.2, 0.25) is 0 Å². The molecule has 132 valence electrons. The van der Waals surface area contributed by atoms with E-state index in [9.17, 15) is 26.7 Å². The van der Waals surface area contributed by atoms with Gasteiger partial charge in [0, 0.05) is 5.41 Å². The molecule has 0 aromatic heterocycles. The third-order valence-corrected chi connectivity index (χ3v) is 5.49. The van der Waals surface area contributed by atoms with Crippen LogP contribution in [0.25, 0.3) is 0 Å². The highest BCUT2D eigenvalue weighted by molar-refractivity contribution is 5.81. The molecule has 3 aliphatic carbocycles. The lowest BCUT2D eigenvalue weighted by Gasteiger charge is -2.56. The Morgan fingerprint density at radius 3 is 2.33 bits per heavy atom. The van der Waals surface area contributed by atoms with E-state index in [1.54, 1.807) is 0 Å². The third kappa shape index (κ3) is 2.04. The van der Waals surface area contributed by atoms with Crippen molar-refractivity contribution in [3.8, 4) is 11.5 Å². The van der Waals surface area contributed by atoms with Crippen LogP contribution in [0, 0.1) is 22.5 Å². The van der Waals surface area contributed by atoms with Crippen molar-refractivity contribution in [2.24, 2.45) is 10.8 Å². The molecule has 0 amide bonds. The van der Waals surface area contributed by atoms with Crippen LogP contribution in [0.4, 0.5) is 22.0 Å². The first kappa shape index (κ1) is 17.0. The molecule has 8 heteroatoms. The standard InChI is InChI=1S/C16H15F5O3/c1-14-4-6-15(7-5-14,12(19)16(14,20)21)13(23)24-9-3-2-8(22)10(17)11(9)18/h2-3,12,22H,4-7H2,1H3. The maximum atomic E-state index is 14.5. The first-order chi connectivity index (χ1) is 11.0. The van der Waals surface area contributed by atoms with Crippen LogP contribution in [0.15, 0.2) is 12.1 Å². The molecule has 3 saturated carbocycles. The molecule has 4 rings (SSSR count). The summed E-state index contributed by atoms with van der Waals surface area (Å²) in [5, 5.41) is 9.04. The van der Waals surface area contributed by atoms with Gasteiger partial charge in [-0.1, -0.05) is 6.92 Å². The molecule has 0 heterocycles. The van der Waals surface area contributed by atoms with Crippen LogP contribution < -0.4 is 4.74 Å². The average molecular weight is 350 g/mol. The third-order valence-electron chi connectivity index (χ3n) is 5.49. The maximum Gasteiger partial charge on any atom is 0.320 e. The number of halogens is 5. The Morgan fingerprint density at radius 2 is 1.75 bits per heavy atom. The lowest BCUT2D eigenvalue weighted by molar-refractivity contribution is -0.261. The van der Waals surface area contributed by atoms with E-state index < -0.39 is 52.0 Å². The van der Waals surface area contributed by atoms with E-state index in [0.717, 1.165) is 12.1 Å². The van der Waals surface area contributed by atoms with Gasteiger partial charge in [0.25, 0.3) is 5.92 Å². The largest absolute Gasteiger partial charge is 0.505 e. The highest BCUT2D eigenvalue weighted by Crippen LogP contribution is 2.64. The normalized spacial score (nSPS) is 34.2. The quantitative estimate of drug-likeness (QED) is 0.496. The van der Waals surface area contributed by atoms with Crippen molar-refractivity contribution in [2.75, 3.05) is 0 Å². The molecule has 1 N–H and O–H groups in total. The van der Waals surface area contributed by atoms with E-state index in [0.29, 0.717) is 0 Å². The van der Waals surface area contributed by atoms with Gasteiger partial charge >= 0.3 is 5.97 Å². The Kier molecular flexibility index (Phi) is 3.58. The highest BCUT2D eigenvalue weighted by atomic mass is 19.3. The van der Waals surface area contributed by atoms with Gasteiger partial charge in [-0.05, 0) is 37.8 Å². The second kappa shape index (κ2) is 5.07. The zero-order valence-corrected chi connectivity index (χ0v) is 12.7. The van der Waals surface area contributed by atoms with Crippen molar-refractivity contribution >= 4 is 5.97 Å². The average Bonchev–Trinajstić information content (AvgIpc) is 2.54. The number of hydrogen-bond donors (Lipinski definition) is 1. The lowest BCUT2D eigenvalue weighted by atomic mass is 9.51. The van der Waals surface area contributed by atoms with Gasteiger partial charge in [0.1, 0.15) is 5.41 Å². The van der Waals surface area contributed by atoms with E-state index >= 15 is 0 Å². The number of alkyl halides is 3. The summed E-state index contributed by atoms with van der Waals surface area (Å²) in [7, 11) is 0. The van der Waals surface area contributed by atoms with Crippen molar-refractivity contribution in [1.29, 1.82) is 0 Å². The maximum absolute atomic E-state index is 14.5. The van der Waals surface area contributed by atoms with Gasteiger partial charge < -0.3 is 9.84 Å². The summed E-state index contributed by atoms with van der Waals surface area (Å²) in [6.07, 6.45) is -3.19. The number of phenols is 1. The SMILES string of the molecule is CC12CCC(C(=O)Oc3ccc(O)c(F)c3F)(CC1)C(F)C2(F)F. The number of aromatic hydroxyl groups is 1. The second-order valence-corrected chi connectivity index (χ2v) is 6.80. The smallest absolute Gasteiger partial charge is 0.320 e. The molecule has 0 spiro atoms. The van der Waals surface area contributed by atoms with Crippen molar-refractivity contribution in [1.82, 2.24) is 0 Å². The number of rotatable bonds is 2. The molecular formula is C16H15F5O3. The summed E-state index contributed by atoms with van der Waals surface area (Å²) in [6.45, 7) is 1.28. The fourth-order valence-corrected chi connectivity index (χ4v) is 3.60. The summed E-state index contributed by atoms with van der Waals surface area (Å²) < 4.78 is 74.7. The number of phenolic OH excluding ortho intramolecular Hbond substituents is 1. The molecule has 0 aliphatic heterocycles. The van der Waals surface area contributed by atoms with Crippen molar-refractivity contribution in [3.63, 3.8) is 0 Å². The van der Waals surface area contributed by atoms with Gasteiger partial charge in [0.15, 0.2) is 17.7 Å². The second-order valence-electron chi connectivity index (χ2n) is 6.80. The van der Waals surface area contributed by atoms with E-state index in [4.69, 9.17) is 9.84 Å². The van der Waals surface area contributed by atoms with Crippen molar-refractivity contribution in [2.45, 2.75) is 44.7 Å². The van der Waals surface area contributed by atoms with E-state index in [1.807, 2.05) is 0 Å². The number of hydrogen-bond acceptors (Lipinski definition) is 3. The molecule has 0 radical (unpaired) electrons. The van der Waals surface area contributed by atoms with Crippen LogP contribution in [0.3, 0.4) is 0 Å². The number of benzene rings is 1. The Hall–Kier alpha value is -1.86. The molecule has 2 bridgehead atoms. The van der Waals surface area contributed by atoms with E-state index in [1.165, 1.54) is 6.92 Å². The summed E-state index contributed by atoms with van der Waals surface area (Å²) in [5.41, 5.74) is -3.60. The first-order valence-electron chi connectivity index (χ1n) is 7.46. The van der Waals surface area contributed by atoms with Gasteiger partial charge in [0.05, 0.1) is 0 Å². The molecular weight excluding hydrogens is 335 g/mol. The number of carbonyl (C=O) groups excluding carboxylic acids is 1. The first-order valence-corrected chi connectivity index (χ1v) is 7.46. The Bertz CT molecular complexity index is 695. The van der Waals surface area contributed by atoms with Gasteiger partial charge in [-0.15, -0.1) is 0 Å². The zero-order valence-electron chi connectivity index (χ0n) is 12.7. The number of fused-ring (bicyclic) bond motifs is 3. The van der Waals surface area contributed by atoms with Gasteiger partial charge in [-0.25, -0.2) is 13.2 Å². The summed E-state index contributed by atoms with van der Waals surface area (Å²) in [4.78, 5) is 12.3. The van der Waals surface area contributed by atoms with Crippen LogP contribution in [0.1, 0.15) is 32.6 Å². The minimum Gasteiger partial charge on any atom is -0.505 e. The summed E-state index contributed by atoms with van der Waals surface area (Å²) >= 11 is 0. The molecule has 1 unspecified atom stereocenters. The lowest BCUT2D eigenvalue weighted by Crippen LogP contribution is -2.65. The highest BCUT2D eigenvalue weighted by Gasteiger charge is 2.72. The van der Waals surface area contributed by atoms with Crippen LogP contribution in [-0.4, -0.2) is 23.2 Å². The van der Waals surface area contributed by atoms with Gasteiger partial charge in [-0.3, -0.25) is 4.79 Å². The van der Waals surface area contributed by atoms with Crippen LogP contribution in [-0.2, 0) is 4.79 Å². The Balaban J connectivity index is 1.92. The minimum atomic E-state index is -3.71. The van der Waals surface area contributed by atoms with Gasteiger partial charge in [0.2, 0.25) is 11.6 Å². The van der Waals surface area contributed by atoms with Crippen molar-refractivity contribution < 1.29 is 36.6 Å². The Morgan fingerprint density at radius 1 is 1.17 bits per heavy atom. The monoisotopic (exact) mass is 350 g/mol. The predicted octanol–water partition coefficient (Wildman–Crippen LogP) is 4.13. The zero-order chi connectivity index (χ0) is 17.9. The molecule has 1 aromatic rings. The number of carbonyl (C=O) groups is 1. The van der Waals surface area contributed by atoms with Gasteiger partial charge in [-0.2, -0.15) is 8.78 Å². The molecule has 0 saturated heterocycles. The number of ether oxygens (including phenoxy) is 1. The summed E-state index contributed by atoms with van der Waals surface area (Å²) in [5.74, 6) is -10.2. The predicted molar refractivity (Wildman–Crippen MR) is 72.5 cm³/mol. The van der Waals surface area contributed by atoms with Crippen molar-refractivity contribution in [3.05, 3.63) is 23.8 Å². The molecule has 1 aromatic carbocycles. The van der Waals surface area contributed by atoms with Crippen LogP contribution in [0.5, 0.6) is 11.5 Å². The molecule has 3 fully saturated rings. The number of esters is 1. The Labute approximate surface area is 134 Å². The molecule has 3 nitrogen and oxygen atoms in total. The summed E-state index contributed by atoms with van der Waals surface area (Å²) in [6, 6.07) is 1.53. The van der Waals surface area contributed by atoms with E-state index in [-0.39, 0.29) is 25.7 Å². The fourth-order valence-electron chi connectivity index (χ4n) is 3.60. The topological polar surface area (TPSA) is 46.5 Å².